The van der Waals surface area contributed by atoms with Gasteiger partial charge in [0, 0.05) is 18.5 Å². The Kier molecular flexibility index (Phi) is 6.10. The Labute approximate surface area is 208 Å². The van der Waals surface area contributed by atoms with Crippen LogP contribution in [-0.2, 0) is 6.54 Å². The summed E-state index contributed by atoms with van der Waals surface area (Å²) < 4.78 is 49.0. The van der Waals surface area contributed by atoms with Crippen LogP contribution < -0.4 is 21.3 Å². The number of carbonyl (C=O) groups excluding carboxylic acids is 1. The molecule has 12 heteroatoms. The van der Waals surface area contributed by atoms with Gasteiger partial charge in [0.2, 0.25) is 0 Å². The molecule has 37 heavy (non-hydrogen) atoms. The number of amides is 1. The molecule has 1 atom stereocenters. The number of nitrogens with two attached hydrogens (primary N) is 1. The largest absolute Gasteiger partial charge is 0.496 e. The molecule has 0 aliphatic heterocycles. The number of H-pyrrole nitrogens is 1. The molecule has 1 unspecified atom stereocenters. The van der Waals surface area contributed by atoms with E-state index in [-0.39, 0.29) is 53.1 Å². The van der Waals surface area contributed by atoms with Crippen LogP contribution in [0.1, 0.15) is 41.2 Å². The Balaban J connectivity index is 1.44. The highest BCUT2D eigenvalue weighted by molar-refractivity contribution is 5.99. The standard InChI is InChI=1S/C25H23F3N6O3/c1-37-17-9-8-15(26)11-16(17)23(35)30-12-13-4-6-14(7-5-13)20-19-21(24(36)32-31-22(19)29)34(33-20)18-3-2-10-25(18,27)28/h4-9,11,18H,2-3,10,12H2,1H3,(H2,29,31)(H,30,35)(H,32,36). The Morgan fingerprint density at radius 2 is 2.03 bits per heavy atom. The number of hydrogen-bond donors (Lipinski definition) is 3. The summed E-state index contributed by atoms with van der Waals surface area (Å²) in [5, 5.41) is 13.4. The third-order valence-electron chi connectivity index (χ3n) is 6.52. The van der Waals surface area contributed by atoms with Crippen LogP contribution in [0.3, 0.4) is 0 Å². The van der Waals surface area contributed by atoms with E-state index in [1.165, 1.54) is 19.2 Å². The fourth-order valence-electron chi connectivity index (χ4n) is 4.67. The molecule has 2 heterocycles. The van der Waals surface area contributed by atoms with Gasteiger partial charge in [0.15, 0.2) is 5.82 Å². The fourth-order valence-corrected chi connectivity index (χ4v) is 4.67. The van der Waals surface area contributed by atoms with Gasteiger partial charge in [0.1, 0.15) is 28.8 Å². The molecule has 5 rings (SSSR count). The van der Waals surface area contributed by atoms with Crippen molar-refractivity contribution in [3.63, 3.8) is 0 Å². The molecule has 4 aromatic rings. The van der Waals surface area contributed by atoms with Crippen molar-refractivity contribution in [3.8, 4) is 17.0 Å². The van der Waals surface area contributed by atoms with Gasteiger partial charge in [-0.2, -0.15) is 10.2 Å². The number of rotatable bonds is 6. The Bertz CT molecular complexity index is 1550. The zero-order valence-corrected chi connectivity index (χ0v) is 19.7. The first kappa shape index (κ1) is 24.3. The summed E-state index contributed by atoms with van der Waals surface area (Å²) in [4.78, 5) is 25.1. The number of aromatic amines is 1. The predicted octanol–water partition coefficient (Wildman–Crippen LogP) is 3.81. The van der Waals surface area contributed by atoms with Gasteiger partial charge < -0.3 is 15.8 Å². The van der Waals surface area contributed by atoms with Gasteiger partial charge in [-0.05, 0) is 36.6 Å². The van der Waals surface area contributed by atoms with Gasteiger partial charge >= 0.3 is 0 Å². The number of aromatic nitrogens is 4. The molecule has 4 N–H and O–H groups in total. The SMILES string of the molecule is COc1ccc(F)cc1C(=O)NCc1ccc(-c2nn(C3CCCC3(F)F)c3c(=O)[nH]nc(N)c23)cc1. The summed E-state index contributed by atoms with van der Waals surface area (Å²) in [6.45, 7) is 0.131. The molecular weight excluding hydrogens is 489 g/mol. The lowest BCUT2D eigenvalue weighted by Gasteiger charge is -2.19. The quantitative estimate of drug-likeness (QED) is 0.361. The average Bonchev–Trinajstić information content (AvgIpc) is 3.45. The first-order chi connectivity index (χ1) is 17.7. The Morgan fingerprint density at radius 1 is 1.27 bits per heavy atom. The van der Waals surface area contributed by atoms with Crippen LogP contribution in [0.5, 0.6) is 5.75 Å². The molecule has 1 fully saturated rings. The topological polar surface area (TPSA) is 128 Å². The first-order valence-electron chi connectivity index (χ1n) is 11.5. The van der Waals surface area contributed by atoms with Crippen molar-refractivity contribution in [2.75, 3.05) is 12.8 Å². The van der Waals surface area contributed by atoms with E-state index in [4.69, 9.17) is 10.5 Å². The van der Waals surface area contributed by atoms with Gasteiger partial charge in [-0.1, -0.05) is 24.3 Å². The van der Waals surface area contributed by atoms with E-state index in [1.807, 2.05) is 0 Å². The average molecular weight is 512 g/mol. The van der Waals surface area contributed by atoms with Crippen LogP contribution in [0.2, 0.25) is 0 Å². The summed E-state index contributed by atoms with van der Waals surface area (Å²) in [5.74, 6) is -3.87. The second kappa shape index (κ2) is 9.26. The van der Waals surface area contributed by atoms with Crippen LogP contribution in [0.15, 0.2) is 47.3 Å². The molecule has 0 radical (unpaired) electrons. The molecule has 9 nitrogen and oxygen atoms in total. The zero-order valence-electron chi connectivity index (χ0n) is 19.7. The minimum Gasteiger partial charge on any atom is -0.496 e. The number of fused-ring (bicyclic) bond motifs is 1. The van der Waals surface area contributed by atoms with E-state index in [0.717, 1.165) is 10.7 Å². The number of halogens is 3. The van der Waals surface area contributed by atoms with E-state index in [9.17, 15) is 22.8 Å². The number of methoxy groups -OCH3 is 1. The lowest BCUT2D eigenvalue weighted by molar-refractivity contribution is -0.0329. The van der Waals surface area contributed by atoms with E-state index in [2.05, 4.69) is 20.6 Å². The highest BCUT2D eigenvalue weighted by Crippen LogP contribution is 2.45. The van der Waals surface area contributed by atoms with Crippen molar-refractivity contribution < 1.29 is 22.7 Å². The van der Waals surface area contributed by atoms with Gasteiger partial charge in [-0.25, -0.2) is 23.0 Å². The molecule has 1 saturated carbocycles. The van der Waals surface area contributed by atoms with Crippen molar-refractivity contribution in [2.45, 2.75) is 37.8 Å². The number of hydrogen-bond acceptors (Lipinski definition) is 6. The molecule has 0 spiro atoms. The number of alkyl halides is 2. The molecule has 1 aliphatic carbocycles. The van der Waals surface area contributed by atoms with E-state index in [1.54, 1.807) is 24.3 Å². The van der Waals surface area contributed by atoms with Crippen LogP contribution >= 0.6 is 0 Å². The summed E-state index contributed by atoms with van der Waals surface area (Å²) >= 11 is 0. The Hall–Kier alpha value is -4.35. The van der Waals surface area contributed by atoms with E-state index >= 15 is 0 Å². The number of nitrogens with one attached hydrogen (secondary N) is 2. The van der Waals surface area contributed by atoms with Crippen molar-refractivity contribution in [3.05, 3.63) is 69.8 Å². The minimum atomic E-state index is -3.01. The summed E-state index contributed by atoms with van der Waals surface area (Å²) in [6, 6.07) is 9.19. The van der Waals surface area contributed by atoms with Crippen molar-refractivity contribution >= 4 is 22.6 Å². The second-order valence-corrected chi connectivity index (χ2v) is 8.85. The number of anilines is 1. The molecular formula is C25H23F3N6O3. The summed E-state index contributed by atoms with van der Waals surface area (Å²) in [7, 11) is 1.39. The smallest absolute Gasteiger partial charge is 0.290 e. The van der Waals surface area contributed by atoms with Gasteiger partial charge in [-0.3, -0.25) is 9.59 Å². The summed E-state index contributed by atoms with van der Waals surface area (Å²) in [6.07, 6.45) is 0.211. The third-order valence-corrected chi connectivity index (χ3v) is 6.52. The van der Waals surface area contributed by atoms with Crippen LogP contribution in [0, 0.1) is 5.82 Å². The maximum atomic E-state index is 14.6. The van der Waals surface area contributed by atoms with Gasteiger partial charge in [0.25, 0.3) is 17.4 Å². The minimum absolute atomic E-state index is 0.0301. The van der Waals surface area contributed by atoms with Crippen molar-refractivity contribution in [2.24, 2.45) is 0 Å². The molecule has 1 aliphatic rings. The van der Waals surface area contributed by atoms with Gasteiger partial charge in [-0.15, -0.1) is 0 Å². The molecule has 0 saturated heterocycles. The lowest BCUT2D eigenvalue weighted by Crippen LogP contribution is -2.28. The molecule has 2 aromatic heterocycles. The van der Waals surface area contributed by atoms with Gasteiger partial charge in [0.05, 0.1) is 18.1 Å². The van der Waals surface area contributed by atoms with Crippen LogP contribution in [-0.4, -0.2) is 38.9 Å². The van der Waals surface area contributed by atoms with Crippen molar-refractivity contribution in [1.29, 1.82) is 0 Å². The van der Waals surface area contributed by atoms with Crippen LogP contribution in [0.4, 0.5) is 19.0 Å². The highest BCUT2D eigenvalue weighted by Gasteiger charge is 2.46. The molecule has 0 bridgehead atoms. The highest BCUT2D eigenvalue weighted by atomic mass is 19.3. The molecule has 192 valence electrons. The van der Waals surface area contributed by atoms with Crippen molar-refractivity contribution in [1.82, 2.24) is 25.3 Å². The summed E-state index contributed by atoms with van der Waals surface area (Å²) in [5.41, 5.74) is 6.90. The van der Waals surface area contributed by atoms with E-state index in [0.29, 0.717) is 17.5 Å². The lowest BCUT2D eigenvalue weighted by atomic mass is 10.1. The monoisotopic (exact) mass is 512 g/mol. The molecule has 2 aromatic carbocycles. The predicted molar refractivity (Wildman–Crippen MR) is 130 cm³/mol. The number of carbonyl (C=O) groups is 1. The van der Waals surface area contributed by atoms with Crippen LogP contribution in [0.25, 0.3) is 22.2 Å². The number of nitrogen functional groups attached to an aromatic ring is 1. The number of nitrogens with zero attached hydrogens (tertiary/aromatic N) is 3. The second-order valence-electron chi connectivity index (χ2n) is 8.85. The Morgan fingerprint density at radius 3 is 2.70 bits per heavy atom. The molecule has 1 amide bonds. The third kappa shape index (κ3) is 4.39. The zero-order chi connectivity index (χ0) is 26.3. The maximum absolute atomic E-state index is 14.6. The normalized spacial score (nSPS) is 16.7. The number of ether oxygens (including phenoxy) is 1. The number of benzene rings is 2. The fraction of sp³-hybridized carbons (Fsp3) is 0.280. The first-order valence-corrected chi connectivity index (χ1v) is 11.5. The van der Waals surface area contributed by atoms with E-state index < -0.39 is 29.2 Å². The maximum Gasteiger partial charge on any atom is 0.290 e.